The van der Waals surface area contributed by atoms with Gasteiger partial charge in [0.15, 0.2) is 6.29 Å². The fourth-order valence-corrected chi connectivity index (χ4v) is 4.33. The van der Waals surface area contributed by atoms with E-state index in [1.54, 1.807) is 0 Å². The minimum Gasteiger partial charge on any atom is -0.462 e. The molecule has 2 saturated heterocycles. The van der Waals surface area contributed by atoms with Crippen LogP contribution in [0.2, 0.25) is 0 Å². The Morgan fingerprint density at radius 1 is 0.963 bits per heavy atom. The van der Waals surface area contributed by atoms with Crippen LogP contribution in [0, 0.1) is 5.92 Å². The first kappa shape index (κ1) is 22.7. The molecule has 2 aliphatic rings. The SMILES string of the molecule is CCCCCCCCCCC[C@@H]1C[C@H](OC2CCCCO2)[C@H](CC)C(=O)O1. The van der Waals surface area contributed by atoms with Crippen molar-refractivity contribution in [3.8, 4) is 0 Å². The minimum atomic E-state index is -0.130. The number of hydrogen-bond acceptors (Lipinski definition) is 4. The monoisotopic (exact) mass is 382 g/mol. The van der Waals surface area contributed by atoms with Gasteiger partial charge in [-0.2, -0.15) is 0 Å². The molecule has 2 aliphatic heterocycles. The number of cyclic esters (lactones) is 1. The molecule has 0 N–H and O–H groups in total. The van der Waals surface area contributed by atoms with E-state index in [0.717, 1.165) is 51.6 Å². The van der Waals surface area contributed by atoms with E-state index in [4.69, 9.17) is 14.2 Å². The van der Waals surface area contributed by atoms with Gasteiger partial charge < -0.3 is 14.2 Å². The van der Waals surface area contributed by atoms with Crippen LogP contribution in [-0.4, -0.2) is 31.1 Å². The summed E-state index contributed by atoms with van der Waals surface area (Å²) < 4.78 is 17.7. The number of unbranched alkanes of at least 4 members (excludes halogenated alkanes) is 8. The average molecular weight is 383 g/mol. The lowest BCUT2D eigenvalue weighted by molar-refractivity contribution is -0.222. The highest BCUT2D eigenvalue weighted by Crippen LogP contribution is 2.31. The third-order valence-electron chi connectivity index (χ3n) is 6.06. The molecule has 0 aromatic heterocycles. The highest BCUT2D eigenvalue weighted by Gasteiger charge is 2.39. The summed E-state index contributed by atoms with van der Waals surface area (Å²) >= 11 is 0. The minimum absolute atomic E-state index is 0.0263. The number of rotatable bonds is 13. The van der Waals surface area contributed by atoms with Gasteiger partial charge in [0.1, 0.15) is 6.10 Å². The maximum atomic E-state index is 12.4. The molecule has 27 heavy (non-hydrogen) atoms. The summed E-state index contributed by atoms with van der Waals surface area (Å²) in [6, 6.07) is 0. The Labute approximate surface area is 166 Å². The van der Waals surface area contributed by atoms with E-state index in [0.29, 0.717) is 0 Å². The van der Waals surface area contributed by atoms with Crippen molar-refractivity contribution in [1.29, 1.82) is 0 Å². The molecular formula is C23H42O4. The van der Waals surface area contributed by atoms with E-state index < -0.39 is 0 Å². The third-order valence-corrected chi connectivity index (χ3v) is 6.06. The first-order chi connectivity index (χ1) is 13.2. The second kappa shape index (κ2) is 13.5. The highest BCUT2D eigenvalue weighted by atomic mass is 16.7. The first-order valence-electron chi connectivity index (χ1n) is 11.7. The Bertz CT molecular complexity index is 392. The quantitative estimate of drug-likeness (QED) is 0.283. The molecule has 0 bridgehead atoms. The molecule has 4 atom stereocenters. The molecule has 2 rings (SSSR count). The van der Waals surface area contributed by atoms with E-state index in [-0.39, 0.29) is 30.4 Å². The van der Waals surface area contributed by atoms with Crippen molar-refractivity contribution in [1.82, 2.24) is 0 Å². The Morgan fingerprint density at radius 3 is 2.30 bits per heavy atom. The Kier molecular flexibility index (Phi) is 11.4. The van der Waals surface area contributed by atoms with Crippen molar-refractivity contribution in [2.24, 2.45) is 5.92 Å². The molecule has 0 amide bonds. The van der Waals surface area contributed by atoms with Crippen LogP contribution in [-0.2, 0) is 19.0 Å². The predicted molar refractivity (Wildman–Crippen MR) is 109 cm³/mol. The van der Waals surface area contributed by atoms with Crippen LogP contribution in [0.1, 0.15) is 110 Å². The Balaban J connectivity index is 1.63. The van der Waals surface area contributed by atoms with E-state index in [2.05, 4.69) is 6.92 Å². The van der Waals surface area contributed by atoms with Crippen molar-refractivity contribution in [2.45, 2.75) is 129 Å². The van der Waals surface area contributed by atoms with Crippen LogP contribution < -0.4 is 0 Å². The molecule has 0 aromatic rings. The lowest BCUT2D eigenvalue weighted by Gasteiger charge is -2.37. The Morgan fingerprint density at radius 2 is 1.67 bits per heavy atom. The van der Waals surface area contributed by atoms with Gasteiger partial charge in [-0.3, -0.25) is 4.79 Å². The lowest BCUT2D eigenvalue weighted by Crippen LogP contribution is -2.44. The van der Waals surface area contributed by atoms with Gasteiger partial charge in [-0.05, 0) is 38.5 Å². The zero-order valence-electron chi connectivity index (χ0n) is 17.8. The molecule has 4 nitrogen and oxygen atoms in total. The van der Waals surface area contributed by atoms with Crippen LogP contribution in [0.3, 0.4) is 0 Å². The molecule has 1 unspecified atom stereocenters. The Hall–Kier alpha value is -0.610. The molecule has 2 fully saturated rings. The van der Waals surface area contributed by atoms with Gasteiger partial charge in [0.2, 0.25) is 0 Å². The van der Waals surface area contributed by atoms with Crippen LogP contribution in [0.4, 0.5) is 0 Å². The zero-order chi connectivity index (χ0) is 19.3. The molecule has 0 aromatic carbocycles. The average Bonchev–Trinajstić information content (AvgIpc) is 2.67. The van der Waals surface area contributed by atoms with Crippen molar-refractivity contribution >= 4 is 5.97 Å². The summed E-state index contributed by atoms with van der Waals surface area (Å²) in [6.45, 7) is 5.09. The molecule has 0 saturated carbocycles. The van der Waals surface area contributed by atoms with E-state index >= 15 is 0 Å². The summed E-state index contributed by atoms with van der Waals surface area (Å²) in [5.41, 5.74) is 0. The summed E-state index contributed by atoms with van der Waals surface area (Å²) in [6.07, 6.45) is 17.5. The van der Waals surface area contributed by atoms with Crippen LogP contribution >= 0.6 is 0 Å². The molecular weight excluding hydrogens is 340 g/mol. The second-order valence-corrected chi connectivity index (χ2v) is 8.40. The van der Waals surface area contributed by atoms with Gasteiger partial charge >= 0.3 is 5.97 Å². The summed E-state index contributed by atoms with van der Waals surface area (Å²) in [5.74, 6) is -0.194. The number of ether oxygens (including phenoxy) is 3. The molecule has 0 radical (unpaired) electrons. The smallest absolute Gasteiger partial charge is 0.311 e. The molecule has 4 heteroatoms. The predicted octanol–water partition coefficient (Wildman–Crippen LogP) is 6.16. The van der Waals surface area contributed by atoms with Crippen LogP contribution in [0.5, 0.6) is 0 Å². The summed E-state index contributed by atoms with van der Waals surface area (Å²) in [4.78, 5) is 12.4. The van der Waals surface area contributed by atoms with Crippen LogP contribution in [0.15, 0.2) is 0 Å². The third kappa shape index (κ3) is 8.51. The van der Waals surface area contributed by atoms with Gasteiger partial charge in [-0.25, -0.2) is 0 Å². The van der Waals surface area contributed by atoms with Crippen molar-refractivity contribution in [3.05, 3.63) is 0 Å². The number of esters is 1. The van der Waals surface area contributed by atoms with Crippen molar-refractivity contribution < 1.29 is 19.0 Å². The molecule has 0 spiro atoms. The normalized spacial score (nSPS) is 28.9. The lowest BCUT2D eigenvalue weighted by atomic mass is 9.90. The maximum absolute atomic E-state index is 12.4. The van der Waals surface area contributed by atoms with Crippen molar-refractivity contribution in [3.63, 3.8) is 0 Å². The zero-order valence-corrected chi connectivity index (χ0v) is 17.8. The van der Waals surface area contributed by atoms with Crippen molar-refractivity contribution in [2.75, 3.05) is 6.61 Å². The molecule has 0 aliphatic carbocycles. The maximum Gasteiger partial charge on any atom is 0.311 e. The van der Waals surface area contributed by atoms with Crippen LogP contribution in [0.25, 0.3) is 0 Å². The van der Waals surface area contributed by atoms with E-state index in [1.807, 2.05) is 6.92 Å². The fraction of sp³-hybridized carbons (Fsp3) is 0.957. The van der Waals surface area contributed by atoms with Gasteiger partial charge in [-0.15, -0.1) is 0 Å². The standard InChI is InChI=1S/C23H42O4/c1-3-5-6-7-8-9-10-11-12-15-19-18-21(20(4-2)23(24)26-19)27-22-16-13-14-17-25-22/h19-22H,3-18H2,1-2H3/t19-,20+,21+,22?/m1/s1. The molecule has 158 valence electrons. The van der Waals surface area contributed by atoms with Gasteiger partial charge in [-0.1, -0.05) is 65.2 Å². The van der Waals surface area contributed by atoms with E-state index in [9.17, 15) is 4.79 Å². The van der Waals surface area contributed by atoms with Gasteiger partial charge in [0.25, 0.3) is 0 Å². The first-order valence-corrected chi connectivity index (χ1v) is 11.7. The fourth-order valence-electron chi connectivity index (χ4n) is 4.33. The molecule has 2 heterocycles. The largest absolute Gasteiger partial charge is 0.462 e. The van der Waals surface area contributed by atoms with Gasteiger partial charge in [0, 0.05) is 13.0 Å². The van der Waals surface area contributed by atoms with Gasteiger partial charge in [0.05, 0.1) is 12.0 Å². The summed E-state index contributed by atoms with van der Waals surface area (Å²) in [7, 11) is 0. The number of hydrogen-bond donors (Lipinski definition) is 0. The second-order valence-electron chi connectivity index (χ2n) is 8.40. The summed E-state index contributed by atoms with van der Waals surface area (Å²) in [5, 5.41) is 0. The van der Waals surface area contributed by atoms with E-state index in [1.165, 1.54) is 51.4 Å². The number of carbonyl (C=O) groups excluding carboxylic acids is 1. The number of carbonyl (C=O) groups is 1. The highest BCUT2D eigenvalue weighted by molar-refractivity contribution is 5.74. The topological polar surface area (TPSA) is 44.8 Å².